The number of hydrogen-bond donors (Lipinski definition) is 0. The van der Waals surface area contributed by atoms with Crippen LogP contribution in [-0.4, -0.2) is 0 Å². The lowest BCUT2D eigenvalue weighted by Crippen LogP contribution is -2.04. The monoisotopic (exact) mass is 132 g/mol. The Morgan fingerprint density at radius 1 is 1.30 bits per heavy atom. The first kappa shape index (κ1) is 5.17. The highest BCUT2D eigenvalue weighted by molar-refractivity contribution is 5.33. The summed E-state index contributed by atoms with van der Waals surface area (Å²) in [7, 11) is 0. The molecule has 1 fully saturated rings. The van der Waals surface area contributed by atoms with E-state index >= 15 is 0 Å². The second-order valence-corrected chi connectivity index (χ2v) is 3.78. The summed E-state index contributed by atoms with van der Waals surface area (Å²) >= 11 is 0. The fourth-order valence-corrected chi connectivity index (χ4v) is 2.91. The van der Waals surface area contributed by atoms with Crippen molar-refractivity contribution in [2.75, 3.05) is 0 Å². The molecule has 0 aromatic heterocycles. The molecule has 3 atom stereocenters. The van der Waals surface area contributed by atoms with Gasteiger partial charge in [-0.1, -0.05) is 23.8 Å². The van der Waals surface area contributed by atoms with Crippen LogP contribution in [0.15, 0.2) is 23.8 Å². The highest BCUT2D eigenvalue weighted by Crippen LogP contribution is 2.52. The highest BCUT2D eigenvalue weighted by Gasteiger charge is 2.41. The SMILES string of the molecule is C1=CC2CC1C1=CCCC12. The zero-order valence-electron chi connectivity index (χ0n) is 6.09. The molecule has 0 radical (unpaired) electrons. The van der Waals surface area contributed by atoms with Gasteiger partial charge in [-0.2, -0.15) is 0 Å². The molecule has 0 amide bonds. The van der Waals surface area contributed by atoms with Crippen molar-refractivity contribution in [1.82, 2.24) is 0 Å². The van der Waals surface area contributed by atoms with Gasteiger partial charge in [0.2, 0.25) is 0 Å². The largest absolute Gasteiger partial charge is 0.0844 e. The van der Waals surface area contributed by atoms with Gasteiger partial charge in [0.1, 0.15) is 0 Å². The van der Waals surface area contributed by atoms with Crippen molar-refractivity contribution < 1.29 is 0 Å². The molecule has 0 heterocycles. The van der Waals surface area contributed by atoms with E-state index in [1.165, 1.54) is 19.3 Å². The molecular weight excluding hydrogens is 120 g/mol. The molecule has 0 nitrogen and oxygen atoms in total. The summed E-state index contributed by atoms with van der Waals surface area (Å²) in [5, 5.41) is 0. The van der Waals surface area contributed by atoms with Crippen LogP contribution in [0.1, 0.15) is 19.3 Å². The van der Waals surface area contributed by atoms with Crippen molar-refractivity contribution in [3.63, 3.8) is 0 Å². The van der Waals surface area contributed by atoms with Gasteiger partial charge in [0.25, 0.3) is 0 Å². The molecule has 0 aliphatic heterocycles. The maximum absolute atomic E-state index is 2.48. The number of hydrogen-bond acceptors (Lipinski definition) is 0. The summed E-state index contributed by atoms with van der Waals surface area (Å²) in [6.45, 7) is 0. The van der Waals surface area contributed by atoms with Crippen molar-refractivity contribution in [2.24, 2.45) is 17.8 Å². The van der Waals surface area contributed by atoms with Crippen LogP contribution in [0, 0.1) is 17.8 Å². The van der Waals surface area contributed by atoms with Crippen molar-refractivity contribution in [2.45, 2.75) is 19.3 Å². The Balaban J connectivity index is 2.10. The van der Waals surface area contributed by atoms with Crippen LogP contribution in [0.25, 0.3) is 0 Å². The predicted octanol–water partition coefficient (Wildman–Crippen LogP) is 2.53. The minimum Gasteiger partial charge on any atom is -0.0844 e. The van der Waals surface area contributed by atoms with Crippen molar-refractivity contribution in [3.05, 3.63) is 23.8 Å². The van der Waals surface area contributed by atoms with Crippen LogP contribution in [0.4, 0.5) is 0 Å². The second-order valence-electron chi connectivity index (χ2n) is 3.78. The summed E-state index contributed by atoms with van der Waals surface area (Å²) in [5.74, 6) is 2.80. The molecular formula is C10H12. The molecule has 1 saturated carbocycles. The molecule has 3 aliphatic carbocycles. The zero-order valence-corrected chi connectivity index (χ0v) is 6.09. The number of rotatable bonds is 0. The van der Waals surface area contributed by atoms with Gasteiger partial charge in [0.15, 0.2) is 0 Å². The fraction of sp³-hybridized carbons (Fsp3) is 0.600. The highest BCUT2D eigenvalue weighted by atomic mass is 14.5. The van der Waals surface area contributed by atoms with Gasteiger partial charge in [-0.3, -0.25) is 0 Å². The van der Waals surface area contributed by atoms with Crippen LogP contribution in [0.3, 0.4) is 0 Å². The Hall–Kier alpha value is -0.520. The average molecular weight is 132 g/mol. The molecule has 0 spiro atoms. The first-order valence-electron chi connectivity index (χ1n) is 4.33. The van der Waals surface area contributed by atoms with E-state index < -0.39 is 0 Å². The summed E-state index contributed by atoms with van der Waals surface area (Å²) in [6.07, 6.45) is 11.6. The van der Waals surface area contributed by atoms with E-state index in [0.29, 0.717) is 0 Å². The van der Waals surface area contributed by atoms with Crippen LogP contribution in [0.5, 0.6) is 0 Å². The van der Waals surface area contributed by atoms with Gasteiger partial charge in [-0.15, -0.1) is 0 Å². The fourth-order valence-electron chi connectivity index (χ4n) is 2.91. The van der Waals surface area contributed by atoms with Crippen LogP contribution < -0.4 is 0 Å². The van der Waals surface area contributed by atoms with E-state index in [4.69, 9.17) is 0 Å². The molecule has 3 unspecified atom stereocenters. The Labute approximate surface area is 61.6 Å². The Morgan fingerprint density at radius 3 is 3.20 bits per heavy atom. The van der Waals surface area contributed by atoms with Gasteiger partial charge in [0.05, 0.1) is 0 Å². The number of fused-ring (bicyclic) bond motifs is 5. The molecule has 0 N–H and O–H groups in total. The lowest BCUT2D eigenvalue weighted by molar-refractivity contribution is 0.501. The van der Waals surface area contributed by atoms with Crippen LogP contribution in [-0.2, 0) is 0 Å². The Kier molecular flexibility index (Phi) is 0.803. The first-order valence-corrected chi connectivity index (χ1v) is 4.33. The predicted molar refractivity (Wildman–Crippen MR) is 41.5 cm³/mol. The summed E-state index contributed by atoms with van der Waals surface area (Å²) in [4.78, 5) is 0. The van der Waals surface area contributed by atoms with Crippen molar-refractivity contribution in [1.29, 1.82) is 0 Å². The van der Waals surface area contributed by atoms with Gasteiger partial charge in [-0.05, 0) is 37.0 Å². The summed E-state index contributed by atoms with van der Waals surface area (Å²) in [5.41, 5.74) is 1.78. The zero-order chi connectivity index (χ0) is 6.55. The molecule has 0 heteroatoms. The van der Waals surface area contributed by atoms with E-state index in [1.807, 2.05) is 0 Å². The quantitative estimate of drug-likeness (QED) is 0.444. The molecule has 0 aromatic carbocycles. The van der Waals surface area contributed by atoms with Crippen LogP contribution in [0.2, 0.25) is 0 Å². The maximum Gasteiger partial charge on any atom is -0.00144 e. The lowest BCUT2D eigenvalue weighted by Gasteiger charge is -2.14. The third-order valence-electron chi connectivity index (χ3n) is 3.35. The number of allylic oxidation sites excluding steroid dienone is 4. The van der Waals surface area contributed by atoms with Crippen LogP contribution >= 0.6 is 0 Å². The third kappa shape index (κ3) is 0.448. The van der Waals surface area contributed by atoms with Gasteiger partial charge in [-0.25, -0.2) is 0 Å². The molecule has 0 aromatic rings. The molecule has 3 rings (SSSR count). The topological polar surface area (TPSA) is 0 Å². The van der Waals surface area contributed by atoms with E-state index in [-0.39, 0.29) is 0 Å². The first-order chi connectivity index (χ1) is 4.95. The normalized spacial score (nSPS) is 48.0. The maximum atomic E-state index is 2.48. The van der Waals surface area contributed by atoms with E-state index in [1.54, 1.807) is 5.57 Å². The molecule has 52 valence electrons. The smallest absolute Gasteiger partial charge is 0.00144 e. The van der Waals surface area contributed by atoms with Crippen molar-refractivity contribution >= 4 is 0 Å². The second kappa shape index (κ2) is 1.55. The van der Waals surface area contributed by atoms with E-state index in [0.717, 1.165) is 17.8 Å². The molecule has 10 heavy (non-hydrogen) atoms. The lowest BCUT2D eigenvalue weighted by atomic mass is 9.91. The van der Waals surface area contributed by atoms with Gasteiger partial charge < -0.3 is 0 Å². The molecule has 0 saturated heterocycles. The van der Waals surface area contributed by atoms with Gasteiger partial charge >= 0.3 is 0 Å². The van der Waals surface area contributed by atoms with Gasteiger partial charge in [0, 0.05) is 0 Å². The molecule has 3 aliphatic rings. The summed E-state index contributed by atoms with van der Waals surface area (Å²) in [6, 6.07) is 0. The standard InChI is InChI=1S/C10H12/c1-2-9-7-4-5-8(6-7)10(9)3-1/h2,4-5,7-8,10H,1,3,6H2. The summed E-state index contributed by atoms with van der Waals surface area (Å²) < 4.78 is 0. The molecule has 2 bridgehead atoms. The Morgan fingerprint density at radius 2 is 2.30 bits per heavy atom. The minimum absolute atomic E-state index is 0.873. The van der Waals surface area contributed by atoms with E-state index in [2.05, 4.69) is 18.2 Å². The van der Waals surface area contributed by atoms with E-state index in [9.17, 15) is 0 Å². The minimum atomic E-state index is 0.873. The Bertz CT molecular complexity index is 222. The van der Waals surface area contributed by atoms with Crippen molar-refractivity contribution in [3.8, 4) is 0 Å². The third-order valence-corrected chi connectivity index (χ3v) is 3.35. The average Bonchev–Trinajstić information content (AvgIpc) is 2.60.